The lowest BCUT2D eigenvalue weighted by atomic mass is 10.2. The van der Waals surface area contributed by atoms with E-state index in [1.165, 1.54) is 6.20 Å². The van der Waals surface area contributed by atoms with Crippen LogP contribution in [-0.4, -0.2) is 27.4 Å². The van der Waals surface area contributed by atoms with Gasteiger partial charge < -0.3 is 10.6 Å². The number of aryl methyl sites for hydroxylation is 2. The highest BCUT2D eigenvalue weighted by molar-refractivity contribution is 6.03. The first-order valence-corrected chi connectivity index (χ1v) is 6.91. The van der Waals surface area contributed by atoms with Gasteiger partial charge in [0, 0.05) is 12.2 Å². The monoisotopic (exact) mass is 285 g/mol. The number of carbonyl (C=O) groups excluding carboxylic acids is 1. The van der Waals surface area contributed by atoms with E-state index in [-0.39, 0.29) is 11.6 Å². The predicted octanol–water partition coefficient (Wildman–Crippen LogP) is 2.56. The summed E-state index contributed by atoms with van der Waals surface area (Å²) in [6.45, 7) is 6.62. The third kappa shape index (κ3) is 3.98. The van der Waals surface area contributed by atoms with Gasteiger partial charge in [-0.25, -0.2) is 4.98 Å². The van der Waals surface area contributed by atoms with E-state index in [2.05, 4.69) is 32.5 Å². The Morgan fingerprint density at radius 2 is 2.00 bits per heavy atom. The second-order valence-corrected chi connectivity index (χ2v) is 4.76. The molecule has 0 fully saturated rings. The van der Waals surface area contributed by atoms with Gasteiger partial charge in [0.25, 0.3) is 5.91 Å². The van der Waals surface area contributed by atoms with Crippen molar-refractivity contribution in [3.63, 3.8) is 0 Å². The molecule has 110 valence electrons. The maximum Gasteiger partial charge on any atom is 0.276 e. The Morgan fingerprint density at radius 3 is 2.71 bits per heavy atom. The van der Waals surface area contributed by atoms with Crippen LogP contribution in [0.2, 0.25) is 0 Å². The minimum absolute atomic E-state index is 0.274. The first kappa shape index (κ1) is 14.9. The minimum atomic E-state index is -0.295. The fourth-order valence-electron chi connectivity index (χ4n) is 1.82. The summed E-state index contributed by atoms with van der Waals surface area (Å²) < 4.78 is 0. The summed E-state index contributed by atoms with van der Waals surface area (Å²) in [4.78, 5) is 24.8. The van der Waals surface area contributed by atoms with Crippen LogP contribution in [0.1, 0.15) is 35.2 Å². The Labute approximate surface area is 124 Å². The van der Waals surface area contributed by atoms with Crippen molar-refractivity contribution in [3.8, 4) is 0 Å². The van der Waals surface area contributed by atoms with Gasteiger partial charge in [-0.2, -0.15) is 0 Å². The van der Waals surface area contributed by atoms with Crippen molar-refractivity contribution in [2.45, 2.75) is 27.2 Å². The number of hydrogen-bond donors (Lipinski definition) is 2. The van der Waals surface area contributed by atoms with Gasteiger partial charge in [0.2, 0.25) is 0 Å². The molecular weight excluding hydrogens is 266 g/mol. The largest absolute Gasteiger partial charge is 0.369 e. The van der Waals surface area contributed by atoms with Crippen LogP contribution in [0.25, 0.3) is 0 Å². The fourth-order valence-corrected chi connectivity index (χ4v) is 1.82. The number of aromatic nitrogens is 3. The van der Waals surface area contributed by atoms with Gasteiger partial charge in [0.15, 0.2) is 0 Å². The summed E-state index contributed by atoms with van der Waals surface area (Å²) in [5.74, 6) is 0.305. The summed E-state index contributed by atoms with van der Waals surface area (Å²) in [5.41, 5.74) is 2.64. The molecule has 0 aliphatic carbocycles. The molecule has 1 amide bonds. The second-order valence-electron chi connectivity index (χ2n) is 4.76. The number of carbonyl (C=O) groups is 1. The molecule has 6 heteroatoms. The van der Waals surface area contributed by atoms with Gasteiger partial charge >= 0.3 is 0 Å². The highest BCUT2D eigenvalue weighted by Crippen LogP contribution is 2.14. The number of amides is 1. The lowest BCUT2D eigenvalue weighted by Crippen LogP contribution is -2.16. The van der Waals surface area contributed by atoms with Gasteiger partial charge in [0.1, 0.15) is 11.5 Å². The number of pyridine rings is 1. The number of anilines is 2. The number of nitrogens with zero attached hydrogens (tertiary/aromatic N) is 3. The standard InChI is InChI=1S/C15H19N5O/c1-4-7-17-14-9-16-8-13(19-14)15(21)20-12-6-5-10(2)18-11(12)3/h5-6,8-9H,4,7H2,1-3H3,(H,17,19)(H,20,21). The van der Waals surface area contributed by atoms with Crippen LogP contribution in [0.15, 0.2) is 24.5 Å². The van der Waals surface area contributed by atoms with E-state index >= 15 is 0 Å². The Kier molecular flexibility index (Phi) is 4.81. The molecule has 6 nitrogen and oxygen atoms in total. The normalized spacial score (nSPS) is 10.2. The third-order valence-electron chi connectivity index (χ3n) is 2.90. The van der Waals surface area contributed by atoms with E-state index in [1.807, 2.05) is 26.0 Å². The predicted molar refractivity (Wildman–Crippen MR) is 82.5 cm³/mol. The van der Waals surface area contributed by atoms with E-state index in [0.29, 0.717) is 11.5 Å². The molecule has 0 saturated carbocycles. The molecule has 0 aromatic carbocycles. The molecule has 2 aromatic heterocycles. The summed E-state index contributed by atoms with van der Waals surface area (Å²) in [6, 6.07) is 3.69. The molecule has 0 saturated heterocycles. The highest BCUT2D eigenvalue weighted by atomic mass is 16.1. The molecule has 2 aromatic rings. The van der Waals surface area contributed by atoms with Gasteiger partial charge in [-0.15, -0.1) is 0 Å². The summed E-state index contributed by atoms with van der Waals surface area (Å²) >= 11 is 0. The van der Waals surface area contributed by atoms with Crippen LogP contribution in [0.3, 0.4) is 0 Å². The van der Waals surface area contributed by atoms with Crippen molar-refractivity contribution in [1.29, 1.82) is 0 Å². The molecular formula is C15H19N5O. The van der Waals surface area contributed by atoms with Gasteiger partial charge in [-0.3, -0.25) is 14.8 Å². The molecule has 0 bridgehead atoms. The van der Waals surface area contributed by atoms with Crippen molar-refractivity contribution < 1.29 is 4.79 Å². The zero-order valence-corrected chi connectivity index (χ0v) is 12.5. The van der Waals surface area contributed by atoms with E-state index in [4.69, 9.17) is 0 Å². The first-order valence-electron chi connectivity index (χ1n) is 6.91. The molecule has 0 aliphatic heterocycles. The van der Waals surface area contributed by atoms with Gasteiger partial charge in [-0.05, 0) is 32.4 Å². The molecule has 0 radical (unpaired) electrons. The summed E-state index contributed by atoms with van der Waals surface area (Å²) in [6.07, 6.45) is 4.03. The van der Waals surface area contributed by atoms with Crippen LogP contribution in [0, 0.1) is 13.8 Å². The molecule has 0 aliphatic rings. The maximum absolute atomic E-state index is 12.2. The molecule has 0 unspecified atom stereocenters. The fraction of sp³-hybridized carbons (Fsp3) is 0.333. The Hall–Kier alpha value is -2.50. The lowest BCUT2D eigenvalue weighted by molar-refractivity contribution is 0.102. The van der Waals surface area contributed by atoms with Crippen molar-refractivity contribution in [1.82, 2.24) is 15.0 Å². The van der Waals surface area contributed by atoms with E-state index in [0.717, 1.165) is 24.4 Å². The van der Waals surface area contributed by atoms with Crippen molar-refractivity contribution in [3.05, 3.63) is 41.6 Å². The zero-order valence-electron chi connectivity index (χ0n) is 12.5. The summed E-state index contributed by atoms with van der Waals surface area (Å²) in [5, 5.41) is 5.91. The van der Waals surface area contributed by atoms with E-state index in [9.17, 15) is 4.79 Å². The smallest absolute Gasteiger partial charge is 0.276 e. The average molecular weight is 285 g/mol. The summed E-state index contributed by atoms with van der Waals surface area (Å²) in [7, 11) is 0. The lowest BCUT2D eigenvalue weighted by Gasteiger charge is -2.09. The van der Waals surface area contributed by atoms with Crippen LogP contribution in [0.5, 0.6) is 0 Å². The van der Waals surface area contributed by atoms with Crippen LogP contribution < -0.4 is 10.6 Å². The Bertz CT molecular complexity index is 642. The minimum Gasteiger partial charge on any atom is -0.369 e. The molecule has 0 atom stereocenters. The van der Waals surface area contributed by atoms with Crippen molar-refractivity contribution >= 4 is 17.4 Å². The topological polar surface area (TPSA) is 79.8 Å². The van der Waals surface area contributed by atoms with Crippen LogP contribution >= 0.6 is 0 Å². The Morgan fingerprint density at radius 1 is 1.19 bits per heavy atom. The van der Waals surface area contributed by atoms with Gasteiger partial charge in [0.05, 0.1) is 23.8 Å². The quantitative estimate of drug-likeness (QED) is 0.882. The molecule has 2 heterocycles. The molecule has 21 heavy (non-hydrogen) atoms. The number of rotatable bonds is 5. The van der Waals surface area contributed by atoms with Crippen LogP contribution in [-0.2, 0) is 0 Å². The molecule has 0 spiro atoms. The third-order valence-corrected chi connectivity index (χ3v) is 2.90. The second kappa shape index (κ2) is 6.78. The maximum atomic E-state index is 12.2. The van der Waals surface area contributed by atoms with E-state index < -0.39 is 0 Å². The molecule has 2 rings (SSSR count). The van der Waals surface area contributed by atoms with Crippen molar-refractivity contribution in [2.24, 2.45) is 0 Å². The first-order chi connectivity index (χ1) is 10.1. The SMILES string of the molecule is CCCNc1cncc(C(=O)Nc2ccc(C)nc2C)n1. The average Bonchev–Trinajstić information content (AvgIpc) is 2.48. The molecule has 2 N–H and O–H groups in total. The van der Waals surface area contributed by atoms with Crippen LogP contribution in [0.4, 0.5) is 11.5 Å². The highest BCUT2D eigenvalue weighted by Gasteiger charge is 2.11. The number of hydrogen-bond acceptors (Lipinski definition) is 5. The zero-order chi connectivity index (χ0) is 15.2. The van der Waals surface area contributed by atoms with Crippen molar-refractivity contribution in [2.75, 3.05) is 17.2 Å². The Balaban J connectivity index is 2.12. The van der Waals surface area contributed by atoms with Gasteiger partial charge in [-0.1, -0.05) is 6.92 Å². The van der Waals surface area contributed by atoms with E-state index in [1.54, 1.807) is 6.20 Å². The number of nitrogens with one attached hydrogen (secondary N) is 2.